The molecule has 0 spiro atoms. The summed E-state index contributed by atoms with van der Waals surface area (Å²) in [5, 5.41) is 0. The normalized spacial score (nSPS) is 16.3. The monoisotopic (exact) mass is 430 g/mol. The van der Waals surface area contributed by atoms with E-state index in [1.54, 1.807) is 36.1 Å². The Kier molecular flexibility index (Phi) is 7.38. The van der Waals surface area contributed by atoms with E-state index in [4.69, 9.17) is 9.47 Å². The zero-order chi connectivity index (χ0) is 22.4. The van der Waals surface area contributed by atoms with Crippen LogP contribution in [0.5, 0.6) is 0 Å². The number of ether oxygens (including phenoxy) is 2. The van der Waals surface area contributed by atoms with E-state index in [9.17, 15) is 24.0 Å². The van der Waals surface area contributed by atoms with Crippen molar-refractivity contribution in [2.75, 3.05) is 32.8 Å². The van der Waals surface area contributed by atoms with Gasteiger partial charge in [0, 0.05) is 26.1 Å². The number of piperidine rings is 1. The number of nitrogens with zero attached hydrogens (tertiary/aromatic N) is 2. The van der Waals surface area contributed by atoms with E-state index in [-0.39, 0.29) is 55.6 Å². The van der Waals surface area contributed by atoms with Crippen LogP contribution < -0.4 is 0 Å². The minimum Gasteiger partial charge on any atom is -0.466 e. The maximum absolute atomic E-state index is 12.3. The molecule has 0 aromatic heterocycles. The third-order valence-corrected chi connectivity index (χ3v) is 5.47. The highest BCUT2D eigenvalue weighted by Crippen LogP contribution is 2.23. The second-order valence-corrected chi connectivity index (χ2v) is 7.48. The fraction of sp³-hybridized carbons (Fsp3) is 0.500. The van der Waals surface area contributed by atoms with Crippen LogP contribution in [0, 0.1) is 5.92 Å². The summed E-state index contributed by atoms with van der Waals surface area (Å²) in [5.74, 6) is -2.04. The molecule has 0 unspecified atom stereocenters. The second-order valence-electron chi connectivity index (χ2n) is 7.48. The van der Waals surface area contributed by atoms with Crippen molar-refractivity contribution in [2.45, 2.75) is 32.6 Å². The summed E-state index contributed by atoms with van der Waals surface area (Å²) in [5.41, 5.74) is 0.736. The molecule has 31 heavy (non-hydrogen) atoms. The van der Waals surface area contributed by atoms with Gasteiger partial charge in [-0.2, -0.15) is 0 Å². The van der Waals surface area contributed by atoms with Crippen molar-refractivity contribution in [1.82, 2.24) is 9.80 Å². The first-order valence-electron chi connectivity index (χ1n) is 10.5. The number of benzene rings is 1. The fourth-order valence-corrected chi connectivity index (χ4v) is 3.75. The number of likely N-dealkylation sites (tertiary alicyclic amines) is 1. The molecule has 0 bridgehead atoms. The summed E-state index contributed by atoms with van der Waals surface area (Å²) in [7, 11) is 0. The minimum absolute atomic E-state index is 0.00832. The third-order valence-electron chi connectivity index (χ3n) is 5.47. The smallest absolute Gasteiger partial charge is 0.309 e. The first kappa shape index (κ1) is 22.5. The lowest BCUT2D eigenvalue weighted by atomic mass is 9.97. The molecule has 1 aromatic carbocycles. The molecule has 0 atom stereocenters. The largest absolute Gasteiger partial charge is 0.466 e. The van der Waals surface area contributed by atoms with Crippen molar-refractivity contribution in [3.63, 3.8) is 0 Å². The number of carbonyl (C=O) groups is 5. The van der Waals surface area contributed by atoms with Gasteiger partial charge in [0.2, 0.25) is 0 Å². The zero-order valence-electron chi connectivity index (χ0n) is 17.5. The topological polar surface area (TPSA) is 110 Å². The standard InChI is InChI=1S/C22H26N2O7/c1-2-30-22(29)15-9-12-23(13-10-15)18(25)14-31-19(26)8-5-11-24-20(27)16-6-3-4-7-17(16)21(24)28/h3-4,6-7,15H,2,5,8-14H2,1H3. The molecule has 2 heterocycles. The van der Waals surface area contributed by atoms with Gasteiger partial charge in [-0.3, -0.25) is 28.9 Å². The lowest BCUT2D eigenvalue weighted by Gasteiger charge is -2.30. The molecule has 1 saturated heterocycles. The Balaban J connectivity index is 1.35. The van der Waals surface area contributed by atoms with E-state index >= 15 is 0 Å². The van der Waals surface area contributed by atoms with Gasteiger partial charge in [-0.1, -0.05) is 12.1 Å². The zero-order valence-corrected chi connectivity index (χ0v) is 17.5. The number of esters is 2. The highest BCUT2D eigenvalue weighted by atomic mass is 16.5. The molecule has 0 N–H and O–H groups in total. The van der Waals surface area contributed by atoms with Crippen molar-refractivity contribution in [3.8, 4) is 0 Å². The van der Waals surface area contributed by atoms with Gasteiger partial charge in [-0.05, 0) is 38.3 Å². The highest BCUT2D eigenvalue weighted by Gasteiger charge is 2.34. The molecule has 9 heteroatoms. The van der Waals surface area contributed by atoms with E-state index < -0.39 is 5.97 Å². The van der Waals surface area contributed by atoms with Crippen LogP contribution in [-0.4, -0.2) is 72.3 Å². The van der Waals surface area contributed by atoms with Crippen molar-refractivity contribution >= 4 is 29.7 Å². The molecule has 3 amide bonds. The summed E-state index contributed by atoms with van der Waals surface area (Å²) in [6.07, 6.45) is 1.30. The van der Waals surface area contributed by atoms with Crippen LogP contribution in [0.3, 0.4) is 0 Å². The maximum Gasteiger partial charge on any atom is 0.309 e. The highest BCUT2D eigenvalue weighted by molar-refractivity contribution is 6.21. The Hall–Kier alpha value is -3.23. The molecule has 0 saturated carbocycles. The van der Waals surface area contributed by atoms with Gasteiger partial charge in [0.15, 0.2) is 6.61 Å². The summed E-state index contributed by atoms with van der Waals surface area (Å²) < 4.78 is 10.0. The number of fused-ring (bicyclic) bond motifs is 1. The number of imide groups is 1. The molecular formula is C22H26N2O7. The lowest BCUT2D eigenvalue weighted by molar-refractivity contribution is -0.154. The number of carbonyl (C=O) groups excluding carboxylic acids is 5. The molecular weight excluding hydrogens is 404 g/mol. The summed E-state index contributed by atoms with van der Waals surface area (Å²) in [6.45, 7) is 2.66. The van der Waals surface area contributed by atoms with Gasteiger partial charge in [0.1, 0.15) is 0 Å². The molecule has 0 radical (unpaired) electrons. The van der Waals surface area contributed by atoms with Crippen molar-refractivity contribution in [1.29, 1.82) is 0 Å². The molecule has 3 rings (SSSR count). The van der Waals surface area contributed by atoms with Gasteiger partial charge in [0.25, 0.3) is 17.7 Å². The fourth-order valence-electron chi connectivity index (χ4n) is 3.75. The summed E-state index contributed by atoms with van der Waals surface area (Å²) in [6, 6.07) is 6.60. The predicted octanol–water partition coefficient (Wildman–Crippen LogP) is 1.41. The van der Waals surface area contributed by atoms with Crippen LogP contribution in [0.25, 0.3) is 0 Å². The maximum atomic E-state index is 12.3. The van der Waals surface area contributed by atoms with E-state index in [1.165, 1.54) is 0 Å². The van der Waals surface area contributed by atoms with E-state index in [0.717, 1.165) is 4.90 Å². The number of rotatable bonds is 8. The summed E-state index contributed by atoms with van der Waals surface area (Å²) >= 11 is 0. The minimum atomic E-state index is -0.564. The predicted molar refractivity (Wildman–Crippen MR) is 108 cm³/mol. The van der Waals surface area contributed by atoms with Crippen LogP contribution in [0.15, 0.2) is 24.3 Å². The van der Waals surface area contributed by atoms with E-state index in [0.29, 0.717) is 43.7 Å². The van der Waals surface area contributed by atoms with Crippen molar-refractivity contribution < 1.29 is 33.4 Å². The van der Waals surface area contributed by atoms with Crippen LogP contribution in [0.1, 0.15) is 53.3 Å². The average molecular weight is 430 g/mol. The van der Waals surface area contributed by atoms with Gasteiger partial charge in [0.05, 0.1) is 23.7 Å². The SMILES string of the molecule is CCOC(=O)C1CCN(C(=O)COC(=O)CCCN2C(=O)c3ccccc3C2=O)CC1. The Morgan fingerprint density at radius 2 is 1.61 bits per heavy atom. The number of amides is 3. The number of hydrogen-bond donors (Lipinski definition) is 0. The van der Waals surface area contributed by atoms with Crippen LogP contribution in [-0.2, 0) is 23.9 Å². The van der Waals surface area contributed by atoms with Gasteiger partial charge >= 0.3 is 11.9 Å². The van der Waals surface area contributed by atoms with Gasteiger partial charge < -0.3 is 14.4 Å². The Morgan fingerprint density at radius 3 is 2.19 bits per heavy atom. The molecule has 9 nitrogen and oxygen atoms in total. The Morgan fingerprint density at radius 1 is 1.00 bits per heavy atom. The van der Waals surface area contributed by atoms with Crippen molar-refractivity contribution in [2.24, 2.45) is 5.92 Å². The average Bonchev–Trinajstić information content (AvgIpc) is 3.03. The molecule has 1 aromatic rings. The number of hydrogen-bond acceptors (Lipinski definition) is 7. The van der Waals surface area contributed by atoms with Crippen molar-refractivity contribution in [3.05, 3.63) is 35.4 Å². The van der Waals surface area contributed by atoms with Crippen LogP contribution in [0.2, 0.25) is 0 Å². The van der Waals surface area contributed by atoms with Gasteiger partial charge in [-0.15, -0.1) is 0 Å². The first-order chi connectivity index (χ1) is 14.9. The lowest BCUT2D eigenvalue weighted by Crippen LogP contribution is -2.42. The quantitative estimate of drug-likeness (QED) is 0.453. The van der Waals surface area contributed by atoms with E-state index in [1.807, 2.05) is 0 Å². The third kappa shape index (κ3) is 5.28. The van der Waals surface area contributed by atoms with Crippen LogP contribution >= 0.6 is 0 Å². The summed E-state index contributed by atoms with van der Waals surface area (Å²) in [4.78, 5) is 63.2. The molecule has 166 valence electrons. The molecule has 1 fully saturated rings. The second kappa shape index (κ2) is 10.2. The molecule has 2 aliphatic heterocycles. The molecule has 2 aliphatic rings. The van der Waals surface area contributed by atoms with Gasteiger partial charge in [-0.25, -0.2) is 0 Å². The van der Waals surface area contributed by atoms with E-state index in [2.05, 4.69) is 0 Å². The first-order valence-corrected chi connectivity index (χ1v) is 10.5. The Labute approximate surface area is 180 Å². The molecule has 0 aliphatic carbocycles. The van der Waals surface area contributed by atoms with Crippen LogP contribution in [0.4, 0.5) is 0 Å². The Bertz CT molecular complexity index is 839.